The quantitative estimate of drug-likeness (QED) is 0.892. The standard InChI is InChI=1S/C18H15F2N5O2/c19-11-5-12(20)7-13(6-11)24-17(26)16-3-1-2-4-25(16)18(27)15-10-22-14(8-21)9-23-15/h5-7,9-10,16H,1-4H2,(H,24,26). The Morgan fingerprint density at radius 1 is 1.15 bits per heavy atom. The minimum Gasteiger partial charge on any atom is -0.325 e. The molecule has 1 aliphatic heterocycles. The van der Waals surface area contributed by atoms with Gasteiger partial charge in [-0.1, -0.05) is 0 Å². The number of piperidine rings is 1. The Balaban J connectivity index is 1.78. The molecule has 2 aromatic rings. The summed E-state index contributed by atoms with van der Waals surface area (Å²) < 4.78 is 26.6. The molecule has 1 N–H and O–H groups in total. The van der Waals surface area contributed by atoms with E-state index in [1.54, 1.807) is 0 Å². The van der Waals surface area contributed by atoms with Gasteiger partial charge >= 0.3 is 0 Å². The van der Waals surface area contributed by atoms with Crippen LogP contribution in [0.4, 0.5) is 14.5 Å². The maximum Gasteiger partial charge on any atom is 0.274 e. The zero-order valence-electron chi connectivity index (χ0n) is 14.2. The van der Waals surface area contributed by atoms with Crippen molar-refractivity contribution in [2.75, 3.05) is 11.9 Å². The number of nitrogens with one attached hydrogen (secondary N) is 1. The number of halogens is 2. The van der Waals surface area contributed by atoms with Crippen molar-refractivity contribution in [2.24, 2.45) is 0 Å². The number of nitrogens with zero attached hydrogens (tertiary/aromatic N) is 4. The normalized spacial score (nSPS) is 16.5. The minimum absolute atomic E-state index is 0.0190. The Kier molecular flexibility index (Phi) is 5.35. The van der Waals surface area contributed by atoms with E-state index in [1.165, 1.54) is 17.3 Å². The van der Waals surface area contributed by atoms with Crippen LogP contribution in [0.1, 0.15) is 35.4 Å². The Labute approximate surface area is 153 Å². The van der Waals surface area contributed by atoms with Crippen LogP contribution in [0.25, 0.3) is 0 Å². The number of nitriles is 1. The summed E-state index contributed by atoms with van der Waals surface area (Å²) in [6, 6.07) is 3.72. The van der Waals surface area contributed by atoms with Crippen LogP contribution in [-0.2, 0) is 4.79 Å². The van der Waals surface area contributed by atoms with E-state index in [0.29, 0.717) is 25.5 Å². The highest BCUT2D eigenvalue weighted by molar-refractivity contribution is 6.00. The van der Waals surface area contributed by atoms with Crippen molar-refractivity contribution >= 4 is 17.5 Å². The van der Waals surface area contributed by atoms with Crippen molar-refractivity contribution in [3.63, 3.8) is 0 Å². The Hall–Kier alpha value is -3.41. The van der Waals surface area contributed by atoms with E-state index in [0.717, 1.165) is 18.6 Å². The zero-order valence-corrected chi connectivity index (χ0v) is 14.2. The molecule has 3 rings (SSSR count). The lowest BCUT2D eigenvalue weighted by atomic mass is 10.0. The van der Waals surface area contributed by atoms with Gasteiger partial charge in [-0.3, -0.25) is 9.59 Å². The molecular formula is C18H15F2N5O2. The van der Waals surface area contributed by atoms with Crippen molar-refractivity contribution in [3.8, 4) is 6.07 Å². The van der Waals surface area contributed by atoms with Crippen LogP contribution in [0.5, 0.6) is 0 Å². The molecule has 1 atom stereocenters. The van der Waals surface area contributed by atoms with Crippen molar-refractivity contribution in [3.05, 3.63) is 53.6 Å². The van der Waals surface area contributed by atoms with E-state index in [2.05, 4.69) is 15.3 Å². The lowest BCUT2D eigenvalue weighted by molar-refractivity contribution is -0.121. The van der Waals surface area contributed by atoms with Gasteiger partial charge in [0.25, 0.3) is 5.91 Å². The van der Waals surface area contributed by atoms with E-state index in [1.807, 2.05) is 6.07 Å². The number of rotatable bonds is 3. The fraction of sp³-hybridized carbons (Fsp3) is 0.278. The summed E-state index contributed by atoms with van der Waals surface area (Å²) in [7, 11) is 0. The number of amides is 2. The van der Waals surface area contributed by atoms with Crippen molar-refractivity contribution in [1.29, 1.82) is 5.26 Å². The first-order valence-electron chi connectivity index (χ1n) is 8.28. The van der Waals surface area contributed by atoms with E-state index >= 15 is 0 Å². The summed E-state index contributed by atoms with van der Waals surface area (Å²) in [6.07, 6.45) is 4.24. The molecule has 1 unspecified atom stereocenters. The van der Waals surface area contributed by atoms with Gasteiger partial charge in [0.2, 0.25) is 5.91 Å². The smallest absolute Gasteiger partial charge is 0.274 e. The first-order chi connectivity index (χ1) is 13.0. The lowest BCUT2D eigenvalue weighted by Crippen LogP contribution is -2.50. The molecule has 2 heterocycles. The van der Waals surface area contributed by atoms with E-state index in [-0.39, 0.29) is 17.1 Å². The van der Waals surface area contributed by atoms with Crippen LogP contribution >= 0.6 is 0 Å². The SMILES string of the molecule is N#Cc1cnc(C(=O)N2CCCCC2C(=O)Nc2cc(F)cc(F)c2)cn1. The first-order valence-corrected chi connectivity index (χ1v) is 8.28. The Morgan fingerprint density at radius 3 is 2.52 bits per heavy atom. The number of carbonyl (C=O) groups is 2. The van der Waals surface area contributed by atoms with Crippen molar-refractivity contribution < 1.29 is 18.4 Å². The molecule has 1 fully saturated rings. The monoisotopic (exact) mass is 371 g/mol. The highest BCUT2D eigenvalue weighted by Gasteiger charge is 2.33. The average Bonchev–Trinajstić information content (AvgIpc) is 2.66. The van der Waals surface area contributed by atoms with Crippen LogP contribution in [0.15, 0.2) is 30.6 Å². The third kappa shape index (κ3) is 4.23. The minimum atomic E-state index is -0.810. The van der Waals surface area contributed by atoms with Gasteiger partial charge in [0.1, 0.15) is 29.4 Å². The topological polar surface area (TPSA) is 99.0 Å². The average molecular weight is 371 g/mol. The van der Waals surface area contributed by atoms with E-state index in [4.69, 9.17) is 5.26 Å². The second-order valence-electron chi connectivity index (χ2n) is 6.06. The third-order valence-corrected chi connectivity index (χ3v) is 4.18. The number of benzene rings is 1. The highest BCUT2D eigenvalue weighted by Crippen LogP contribution is 2.21. The van der Waals surface area contributed by atoms with Gasteiger partial charge in [-0.2, -0.15) is 5.26 Å². The second-order valence-corrected chi connectivity index (χ2v) is 6.06. The summed E-state index contributed by atoms with van der Waals surface area (Å²) in [6.45, 7) is 0.343. The molecule has 138 valence electrons. The van der Waals surface area contributed by atoms with Crippen LogP contribution in [0.3, 0.4) is 0 Å². The van der Waals surface area contributed by atoms with Gasteiger partial charge < -0.3 is 10.2 Å². The van der Waals surface area contributed by atoms with E-state index < -0.39 is 29.5 Å². The van der Waals surface area contributed by atoms with E-state index in [9.17, 15) is 18.4 Å². The molecule has 27 heavy (non-hydrogen) atoms. The molecule has 0 aliphatic carbocycles. The molecule has 1 aliphatic rings. The summed E-state index contributed by atoms with van der Waals surface area (Å²) >= 11 is 0. The molecule has 0 saturated carbocycles. The second kappa shape index (κ2) is 7.86. The van der Waals surface area contributed by atoms with Gasteiger partial charge in [0, 0.05) is 18.3 Å². The Bertz CT molecular complexity index is 891. The molecule has 0 bridgehead atoms. The van der Waals surface area contributed by atoms with Crippen molar-refractivity contribution in [2.45, 2.75) is 25.3 Å². The first kappa shape index (κ1) is 18.4. The maximum absolute atomic E-state index is 13.3. The summed E-state index contributed by atoms with van der Waals surface area (Å²) in [4.78, 5) is 34.4. The molecule has 0 radical (unpaired) electrons. The van der Waals surface area contributed by atoms with Crippen LogP contribution in [-0.4, -0.2) is 39.3 Å². The number of aromatic nitrogens is 2. The van der Waals surface area contributed by atoms with Gasteiger partial charge in [-0.15, -0.1) is 0 Å². The molecule has 1 aromatic carbocycles. The predicted octanol–water partition coefficient (Wildman–Crippen LogP) is 2.26. The third-order valence-electron chi connectivity index (χ3n) is 4.18. The van der Waals surface area contributed by atoms with Crippen LogP contribution < -0.4 is 5.32 Å². The van der Waals surface area contributed by atoms with Gasteiger partial charge in [-0.25, -0.2) is 18.7 Å². The zero-order chi connectivity index (χ0) is 19.4. The number of carbonyl (C=O) groups excluding carboxylic acids is 2. The van der Waals surface area contributed by atoms with Gasteiger partial charge in [0.05, 0.1) is 12.4 Å². The lowest BCUT2D eigenvalue weighted by Gasteiger charge is -2.34. The number of hydrogen-bond donors (Lipinski definition) is 1. The number of hydrogen-bond acceptors (Lipinski definition) is 5. The summed E-state index contributed by atoms with van der Waals surface area (Å²) in [5, 5.41) is 11.2. The molecule has 1 saturated heterocycles. The fourth-order valence-electron chi connectivity index (χ4n) is 2.94. The van der Waals surface area contributed by atoms with Crippen molar-refractivity contribution in [1.82, 2.24) is 14.9 Å². The van der Waals surface area contributed by atoms with Gasteiger partial charge in [0.15, 0.2) is 5.69 Å². The molecule has 9 heteroatoms. The maximum atomic E-state index is 13.3. The molecular weight excluding hydrogens is 356 g/mol. The number of anilines is 1. The highest BCUT2D eigenvalue weighted by atomic mass is 19.1. The fourth-order valence-corrected chi connectivity index (χ4v) is 2.94. The number of likely N-dealkylation sites (tertiary alicyclic amines) is 1. The van der Waals surface area contributed by atoms with Crippen LogP contribution in [0.2, 0.25) is 0 Å². The van der Waals surface area contributed by atoms with Gasteiger partial charge in [-0.05, 0) is 31.4 Å². The summed E-state index contributed by atoms with van der Waals surface area (Å²) in [5.41, 5.74) is 0.0757. The predicted molar refractivity (Wildman–Crippen MR) is 90.4 cm³/mol. The molecule has 2 amide bonds. The largest absolute Gasteiger partial charge is 0.325 e. The molecule has 7 nitrogen and oxygen atoms in total. The Morgan fingerprint density at radius 2 is 1.89 bits per heavy atom. The summed E-state index contributed by atoms with van der Waals surface area (Å²) in [5.74, 6) is -2.64. The molecule has 1 aromatic heterocycles. The van der Waals surface area contributed by atoms with Crippen LogP contribution in [0, 0.1) is 23.0 Å². The molecule has 0 spiro atoms.